The molecular weight excluding hydrogens is 471 g/mol. The number of rotatable bonds is 5. The number of alkyl halides is 3. The molecule has 0 atom stereocenters. The van der Waals surface area contributed by atoms with Crippen molar-refractivity contribution in [1.82, 2.24) is 9.38 Å². The Hall–Kier alpha value is -2.84. The number of oxime groups is 1. The maximum absolute atomic E-state index is 12.9. The molecular formula is C24H19ClF3N3OS. The van der Waals surface area contributed by atoms with Crippen molar-refractivity contribution in [3.05, 3.63) is 80.9 Å². The number of halogens is 4. The normalized spacial score (nSPS) is 14.2. The van der Waals surface area contributed by atoms with Gasteiger partial charge >= 0.3 is 6.18 Å². The first-order valence-corrected chi connectivity index (χ1v) is 11.7. The van der Waals surface area contributed by atoms with Crippen molar-refractivity contribution in [3.63, 3.8) is 0 Å². The molecule has 0 saturated heterocycles. The number of aromatic nitrogens is 2. The highest BCUT2D eigenvalue weighted by atomic mass is 35.5. The molecule has 0 amide bonds. The van der Waals surface area contributed by atoms with Gasteiger partial charge in [0.05, 0.1) is 23.2 Å². The van der Waals surface area contributed by atoms with E-state index in [1.54, 1.807) is 23.6 Å². The second-order valence-corrected chi connectivity index (χ2v) is 9.35. The van der Waals surface area contributed by atoms with E-state index in [9.17, 15) is 13.2 Å². The van der Waals surface area contributed by atoms with Crippen molar-refractivity contribution in [3.8, 4) is 11.3 Å². The lowest BCUT2D eigenvalue weighted by Gasteiger charge is -2.11. The van der Waals surface area contributed by atoms with E-state index in [0.717, 1.165) is 53.3 Å². The van der Waals surface area contributed by atoms with E-state index < -0.39 is 11.7 Å². The summed E-state index contributed by atoms with van der Waals surface area (Å²) in [5.74, 6) is 0. The number of hydrogen-bond donors (Lipinski definition) is 0. The molecule has 0 unspecified atom stereocenters. The van der Waals surface area contributed by atoms with Crippen LogP contribution in [0.4, 0.5) is 13.2 Å². The van der Waals surface area contributed by atoms with Crippen LogP contribution in [-0.2, 0) is 30.5 Å². The third-order valence-corrected chi connectivity index (χ3v) is 7.00. The molecule has 5 rings (SSSR count). The molecule has 2 aromatic carbocycles. The van der Waals surface area contributed by atoms with Crippen LogP contribution in [0, 0.1) is 0 Å². The molecule has 2 aromatic heterocycles. The van der Waals surface area contributed by atoms with Gasteiger partial charge in [0.15, 0.2) is 4.96 Å². The van der Waals surface area contributed by atoms with E-state index >= 15 is 0 Å². The zero-order chi connectivity index (χ0) is 23.0. The highest BCUT2D eigenvalue weighted by molar-refractivity contribution is 7.17. The molecule has 33 heavy (non-hydrogen) atoms. The van der Waals surface area contributed by atoms with E-state index in [-0.39, 0.29) is 6.61 Å². The number of thiazole rings is 1. The summed E-state index contributed by atoms with van der Waals surface area (Å²) in [5, 5.41) is 4.73. The molecule has 0 spiro atoms. The SMILES string of the molecule is FC(F)(F)c1cccc(CON=Cc2c(-c3ccc(Cl)cc3)nc3sc4c(n23)CCCC4)c1. The molecule has 4 aromatic rings. The van der Waals surface area contributed by atoms with Gasteiger partial charge < -0.3 is 4.84 Å². The molecule has 0 N–H and O–H groups in total. The van der Waals surface area contributed by atoms with Crippen molar-refractivity contribution in [2.45, 2.75) is 38.5 Å². The second-order valence-electron chi connectivity index (χ2n) is 7.86. The van der Waals surface area contributed by atoms with Crippen molar-refractivity contribution >= 4 is 34.1 Å². The summed E-state index contributed by atoms with van der Waals surface area (Å²) in [6, 6.07) is 12.5. The Morgan fingerprint density at radius 2 is 1.91 bits per heavy atom. The molecule has 0 radical (unpaired) electrons. The van der Waals surface area contributed by atoms with Gasteiger partial charge in [0.25, 0.3) is 0 Å². The van der Waals surface area contributed by atoms with Crippen LogP contribution in [0.5, 0.6) is 0 Å². The summed E-state index contributed by atoms with van der Waals surface area (Å²) in [7, 11) is 0. The van der Waals surface area contributed by atoms with E-state index in [0.29, 0.717) is 10.6 Å². The minimum absolute atomic E-state index is 0.0691. The number of imidazole rings is 1. The Morgan fingerprint density at radius 1 is 1.12 bits per heavy atom. The van der Waals surface area contributed by atoms with Crippen LogP contribution in [0.25, 0.3) is 16.2 Å². The average molecular weight is 490 g/mol. The lowest BCUT2D eigenvalue weighted by molar-refractivity contribution is -0.137. The van der Waals surface area contributed by atoms with Gasteiger partial charge in [0.2, 0.25) is 0 Å². The molecule has 0 aliphatic heterocycles. The largest absolute Gasteiger partial charge is 0.416 e. The molecule has 9 heteroatoms. The molecule has 1 aliphatic carbocycles. The van der Waals surface area contributed by atoms with Gasteiger partial charge in [0.1, 0.15) is 6.61 Å². The number of hydrogen-bond acceptors (Lipinski definition) is 4. The van der Waals surface area contributed by atoms with E-state index in [1.165, 1.54) is 23.1 Å². The van der Waals surface area contributed by atoms with E-state index in [2.05, 4.69) is 9.56 Å². The van der Waals surface area contributed by atoms with Crippen LogP contribution < -0.4 is 0 Å². The van der Waals surface area contributed by atoms with Gasteiger partial charge in [-0.3, -0.25) is 4.40 Å². The quantitative estimate of drug-likeness (QED) is 0.220. The smallest absolute Gasteiger partial charge is 0.391 e. The monoisotopic (exact) mass is 489 g/mol. The number of fused-ring (bicyclic) bond motifs is 3. The first-order valence-electron chi connectivity index (χ1n) is 10.5. The predicted molar refractivity (Wildman–Crippen MR) is 124 cm³/mol. The Bertz CT molecular complexity index is 1330. The van der Waals surface area contributed by atoms with Crippen LogP contribution >= 0.6 is 22.9 Å². The Balaban J connectivity index is 1.46. The predicted octanol–water partition coefficient (Wildman–Crippen LogP) is 7.16. The molecule has 0 fully saturated rings. The fraction of sp³-hybridized carbons (Fsp3) is 0.250. The molecule has 0 bridgehead atoms. The number of aryl methyl sites for hydroxylation is 2. The summed E-state index contributed by atoms with van der Waals surface area (Å²) in [5.41, 5.74) is 3.38. The van der Waals surface area contributed by atoms with Crippen LogP contribution in [0.2, 0.25) is 5.02 Å². The highest BCUT2D eigenvalue weighted by Gasteiger charge is 2.30. The third-order valence-electron chi connectivity index (χ3n) is 5.61. The van der Waals surface area contributed by atoms with Gasteiger partial charge in [-0.2, -0.15) is 13.2 Å². The van der Waals surface area contributed by atoms with Crippen molar-refractivity contribution in [2.24, 2.45) is 5.16 Å². The summed E-state index contributed by atoms with van der Waals surface area (Å²) in [4.78, 5) is 12.5. The van der Waals surface area contributed by atoms with Crippen molar-refractivity contribution < 1.29 is 18.0 Å². The zero-order valence-corrected chi connectivity index (χ0v) is 19.0. The van der Waals surface area contributed by atoms with Crippen LogP contribution in [0.1, 0.15) is 40.2 Å². The summed E-state index contributed by atoms with van der Waals surface area (Å²) >= 11 is 7.74. The third kappa shape index (κ3) is 4.50. The van der Waals surface area contributed by atoms with E-state index in [1.807, 2.05) is 24.3 Å². The zero-order valence-electron chi connectivity index (χ0n) is 17.4. The summed E-state index contributed by atoms with van der Waals surface area (Å²) in [6.07, 6.45) is 1.51. The maximum atomic E-state index is 12.9. The lowest BCUT2D eigenvalue weighted by atomic mass is 10.0. The topological polar surface area (TPSA) is 38.9 Å². The molecule has 170 valence electrons. The van der Waals surface area contributed by atoms with Gasteiger partial charge in [-0.05, 0) is 55.5 Å². The highest BCUT2D eigenvalue weighted by Crippen LogP contribution is 2.35. The van der Waals surface area contributed by atoms with Gasteiger partial charge in [-0.25, -0.2) is 4.98 Å². The first kappa shape index (κ1) is 22.0. The van der Waals surface area contributed by atoms with Crippen LogP contribution in [0.3, 0.4) is 0 Å². The molecule has 4 nitrogen and oxygen atoms in total. The standard InChI is InChI=1S/C24H19ClF3N3OS/c25-18-10-8-16(9-11-18)22-20(31-19-6-1-2-7-21(19)33-23(31)30-22)13-29-32-14-15-4-3-5-17(12-15)24(26,27)28/h3-5,8-13H,1-2,6-7,14H2. The Labute approximate surface area is 197 Å². The minimum atomic E-state index is -4.39. The van der Waals surface area contributed by atoms with Gasteiger partial charge in [-0.1, -0.05) is 41.0 Å². The molecule has 1 aliphatic rings. The fourth-order valence-electron chi connectivity index (χ4n) is 4.04. The van der Waals surface area contributed by atoms with Gasteiger partial charge in [-0.15, -0.1) is 11.3 Å². The first-order chi connectivity index (χ1) is 15.9. The molecule has 0 saturated carbocycles. The Morgan fingerprint density at radius 3 is 2.70 bits per heavy atom. The van der Waals surface area contributed by atoms with Gasteiger partial charge in [0, 0.05) is 21.2 Å². The summed E-state index contributed by atoms with van der Waals surface area (Å²) in [6.45, 7) is -0.0691. The Kier molecular flexibility index (Phi) is 5.88. The minimum Gasteiger partial charge on any atom is -0.391 e. The van der Waals surface area contributed by atoms with Crippen molar-refractivity contribution in [2.75, 3.05) is 0 Å². The van der Waals surface area contributed by atoms with Crippen molar-refractivity contribution in [1.29, 1.82) is 0 Å². The average Bonchev–Trinajstić information content (AvgIpc) is 3.33. The number of nitrogens with zero attached hydrogens (tertiary/aromatic N) is 3. The lowest BCUT2D eigenvalue weighted by Crippen LogP contribution is -2.06. The van der Waals surface area contributed by atoms with Crippen LogP contribution in [0.15, 0.2) is 53.7 Å². The van der Waals surface area contributed by atoms with Crippen LogP contribution in [-0.4, -0.2) is 15.6 Å². The molecule has 2 heterocycles. The maximum Gasteiger partial charge on any atom is 0.416 e. The second kappa shape index (κ2) is 8.83. The summed E-state index contributed by atoms with van der Waals surface area (Å²) < 4.78 is 40.9. The fourth-order valence-corrected chi connectivity index (χ4v) is 5.38. The van der Waals surface area contributed by atoms with E-state index in [4.69, 9.17) is 21.4 Å². The number of benzene rings is 2.